The van der Waals surface area contributed by atoms with Gasteiger partial charge in [0.2, 0.25) is 10.0 Å². The Balaban J connectivity index is 3.43. The van der Waals surface area contributed by atoms with Gasteiger partial charge in [-0.05, 0) is 17.5 Å². The van der Waals surface area contributed by atoms with Gasteiger partial charge in [-0.1, -0.05) is 26.0 Å². The molecule has 1 aromatic rings. The highest BCUT2D eigenvalue weighted by molar-refractivity contribution is 7.89. The highest BCUT2D eigenvalue weighted by Crippen LogP contribution is 2.26. The first-order chi connectivity index (χ1) is 6.34. The van der Waals surface area contributed by atoms with Crippen molar-refractivity contribution in [3.05, 3.63) is 23.8 Å². The van der Waals surface area contributed by atoms with E-state index in [1.54, 1.807) is 12.1 Å². The minimum Gasteiger partial charge on any atom is -0.397 e. The molecule has 0 atom stereocenters. The summed E-state index contributed by atoms with van der Waals surface area (Å²) in [4.78, 5) is 0.00343. The van der Waals surface area contributed by atoms with Crippen LogP contribution in [-0.2, 0) is 10.0 Å². The number of nitrogen functional groups attached to an aromatic ring is 1. The van der Waals surface area contributed by atoms with Crippen LogP contribution in [0.2, 0.25) is 0 Å². The number of anilines is 1. The molecular formula is C9H14N2O2S. The number of benzene rings is 1. The lowest BCUT2D eigenvalue weighted by molar-refractivity contribution is 0.598. The topological polar surface area (TPSA) is 86.2 Å². The average molecular weight is 214 g/mol. The summed E-state index contributed by atoms with van der Waals surface area (Å²) in [6.45, 7) is 3.89. The minimum absolute atomic E-state index is 0.00343. The predicted octanol–water partition coefficient (Wildman–Crippen LogP) is 1.04. The van der Waals surface area contributed by atoms with Crippen LogP contribution in [0.1, 0.15) is 25.3 Å². The molecule has 0 radical (unpaired) electrons. The average Bonchev–Trinajstić information content (AvgIpc) is 2.01. The van der Waals surface area contributed by atoms with Gasteiger partial charge < -0.3 is 5.73 Å². The van der Waals surface area contributed by atoms with Crippen molar-refractivity contribution in [2.45, 2.75) is 24.7 Å². The maximum Gasteiger partial charge on any atom is 0.240 e. The summed E-state index contributed by atoms with van der Waals surface area (Å²) in [7, 11) is -3.71. The van der Waals surface area contributed by atoms with Crippen LogP contribution in [0, 0.1) is 0 Å². The summed E-state index contributed by atoms with van der Waals surface area (Å²) < 4.78 is 22.3. The SMILES string of the molecule is CC(C)c1cccc(S(N)(=O)=O)c1N. The van der Waals surface area contributed by atoms with E-state index in [1.807, 2.05) is 13.8 Å². The van der Waals surface area contributed by atoms with E-state index >= 15 is 0 Å². The highest BCUT2D eigenvalue weighted by atomic mass is 32.2. The van der Waals surface area contributed by atoms with Gasteiger partial charge >= 0.3 is 0 Å². The second kappa shape index (κ2) is 3.59. The summed E-state index contributed by atoms with van der Waals surface area (Å²) in [5.41, 5.74) is 6.77. The van der Waals surface area contributed by atoms with Crippen molar-refractivity contribution in [2.75, 3.05) is 5.73 Å². The van der Waals surface area contributed by atoms with E-state index in [0.717, 1.165) is 5.56 Å². The number of rotatable bonds is 2. The van der Waals surface area contributed by atoms with E-state index in [1.165, 1.54) is 6.07 Å². The van der Waals surface area contributed by atoms with E-state index in [-0.39, 0.29) is 16.5 Å². The Hall–Kier alpha value is -1.07. The maximum atomic E-state index is 11.1. The van der Waals surface area contributed by atoms with Gasteiger partial charge in [-0.25, -0.2) is 13.6 Å². The van der Waals surface area contributed by atoms with E-state index in [4.69, 9.17) is 10.9 Å². The summed E-state index contributed by atoms with van der Waals surface area (Å²) >= 11 is 0. The summed E-state index contributed by atoms with van der Waals surface area (Å²) in [6.07, 6.45) is 0. The molecule has 0 aromatic heterocycles. The number of hydrogen-bond acceptors (Lipinski definition) is 3. The maximum absolute atomic E-state index is 11.1. The molecule has 0 saturated carbocycles. The van der Waals surface area contributed by atoms with Crippen LogP contribution >= 0.6 is 0 Å². The minimum atomic E-state index is -3.71. The van der Waals surface area contributed by atoms with Gasteiger partial charge in [-0.3, -0.25) is 0 Å². The molecule has 0 unspecified atom stereocenters. The molecule has 1 aromatic carbocycles. The fraction of sp³-hybridized carbons (Fsp3) is 0.333. The molecule has 0 aliphatic heterocycles. The zero-order valence-corrected chi connectivity index (χ0v) is 9.01. The smallest absolute Gasteiger partial charge is 0.240 e. The Morgan fingerprint density at radius 2 is 1.86 bits per heavy atom. The second-order valence-corrected chi connectivity index (χ2v) is 4.99. The number of nitrogens with two attached hydrogens (primary N) is 2. The Morgan fingerprint density at radius 1 is 1.29 bits per heavy atom. The van der Waals surface area contributed by atoms with E-state index < -0.39 is 10.0 Å². The first-order valence-electron chi connectivity index (χ1n) is 4.25. The standard InChI is InChI=1S/C9H14N2O2S/c1-6(2)7-4-3-5-8(9(7)10)14(11,12)13/h3-6H,10H2,1-2H3,(H2,11,12,13). The molecule has 78 valence electrons. The Kier molecular flexibility index (Phi) is 2.82. The summed E-state index contributed by atoms with van der Waals surface area (Å²) in [5, 5.41) is 5.02. The Labute approximate surface area is 84.0 Å². The molecule has 4 nitrogen and oxygen atoms in total. The van der Waals surface area contributed by atoms with Gasteiger partial charge in [0.1, 0.15) is 4.90 Å². The van der Waals surface area contributed by atoms with Gasteiger partial charge in [0.25, 0.3) is 0 Å². The lowest BCUT2D eigenvalue weighted by Gasteiger charge is -2.11. The van der Waals surface area contributed by atoms with Crippen LogP contribution in [0.25, 0.3) is 0 Å². The molecule has 0 heterocycles. The molecule has 5 heteroatoms. The van der Waals surface area contributed by atoms with Gasteiger partial charge in [0.15, 0.2) is 0 Å². The fourth-order valence-corrected chi connectivity index (χ4v) is 2.01. The molecule has 0 spiro atoms. The van der Waals surface area contributed by atoms with Crippen molar-refractivity contribution in [1.29, 1.82) is 0 Å². The molecule has 1 rings (SSSR count). The van der Waals surface area contributed by atoms with Gasteiger partial charge in [-0.15, -0.1) is 0 Å². The van der Waals surface area contributed by atoms with E-state index in [2.05, 4.69) is 0 Å². The molecule has 0 fully saturated rings. The van der Waals surface area contributed by atoms with Crippen LogP contribution < -0.4 is 10.9 Å². The number of para-hydroxylation sites is 1. The van der Waals surface area contributed by atoms with Crippen molar-refractivity contribution >= 4 is 15.7 Å². The summed E-state index contributed by atoms with van der Waals surface area (Å²) in [5.74, 6) is 0.177. The fourth-order valence-electron chi connectivity index (χ4n) is 1.31. The van der Waals surface area contributed by atoms with Crippen molar-refractivity contribution in [2.24, 2.45) is 5.14 Å². The van der Waals surface area contributed by atoms with Gasteiger partial charge in [0, 0.05) is 0 Å². The molecule has 0 bridgehead atoms. The molecule has 0 saturated heterocycles. The second-order valence-electron chi connectivity index (χ2n) is 3.46. The lowest BCUT2D eigenvalue weighted by Crippen LogP contribution is -2.15. The van der Waals surface area contributed by atoms with Crippen molar-refractivity contribution < 1.29 is 8.42 Å². The molecule has 0 aliphatic rings. The third-order valence-corrected chi connectivity index (χ3v) is 3.00. The number of primary sulfonamides is 1. The first-order valence-corrected chi connectivity index (χ1v) is 5.80. The Morgan fingerprint density at radius 3 is 2.29 bits per heavy atom. The van der Waals surface area contributed by atoms with Gasteiger partial charge in [-0.2, -0.15) is 0 Å². The van der Waals surface area contributed by atoms with Crippen LogP contribution in [0.3, 0.4) is 0 Å². The number of hydrogen-bond donors (Lipinski definition) is 2. The van der Waals surface area contributed by atoms with E-state index in [0.29, 0.717) is 0 Å². The third-order valence-electron chi connectivity index (χ3n) is 2.03. The normalized spacial score (nSPS) is 12.0. The van der Waals surface area contributed by atoms with Crippen LogP contribution in [0.4, 0.5) is 5.69 Å². The van der Waals surface area contributed by atoms with Crippen LogP contribution in [-0.4, -0.2) is 8.42 Å². The zero-order chi connectivity index (χ0) is 10.9. The third kappa shape index (κ3) is 2.05. The van der Waals surface area contributed by atoms with Crippen LogP contribution in [0.15, 0.2) is 23.1 Å². The largest absolute Gasteiger partial charge is 0.397 e. The molecule has 4 N–H and O–H groups in total. The van der Waals surface area contributed by atoms with Crippen molar-refractivity contribution in [3.8, 4) is 0 Å². The lowest BCUT2D eigenvalue weighted by atomic mass is 10.0. The zero-order valence-electron chi connectivity index (χ0n) is 8.19. The van der Waals surface area contributed by atoms with Crippen molar-refractivity contribution in [1.82, 2.24) is 0 Å². The summed E-state index contributed by atoms with van der Waals surface area (Å²) in [6, 6.07) is 4.86. The molecular weight excluding hydrogens is 200 g/mol. The highest BCUT2D eigenvalue weighted by Gasteiger charge is 2.15. The number of sulfonamides is 1. The molecule has 14 heavy (non-hydrogen) atoms. The Bertz CT molecular complexity index is 438. The quantitative estimate of drug-likeness (QED) is 0.721. The van der Waals surface area contributed by atoms with Gasteiger partial charge in [0.05, 0.1) is 5.69 Å². The molecule has 0 aliphatic carbocycles. The molecule has 0 amide bonds. The first kappa shape index (κ1) is 11.0. The van der Waals surface area contributed by atoms with E-state index in [9.17, 15) is 8.42 Å². The van der Waals surface area contributed by atoms with Crippen molar-refractivity contribution in [3.63, 3.8) is 0 Å². The van der Waals surface area contributed by atoms with Crippen LogP contribution in [0.5, 0.6) is 0 Å². The monoisotopic (exact) mass is 214 g/mol. The predicted molar refractivity (Wildman–Crippen MR) is 56.3 cm³/mol.